The van der Waals surface area contributed by atoms with Crippen LogP contribution in [0.3, 0.4) is 0 Å². The topological polar surface area (TPSA) is 53.1 Å². The van der Waals surface area contributed by atoms with Crippen molar-refractivity contribution >= 4 is 5.78 Å². The molecule has 0 radical (unpaired) electrons. The van der Waals surface area contributed by atoms with Gasteiger partial charge < -0.3 is 10.1 Å². The van der Waals surface area contributed by atoms with Crippen LogP contribution in [-0.2, 0) is 12.8 Å². The fourth-order valence-electron chi connectivity index (χ4n) is 3.77. The standard InChI is InChI=1S/C22H21NO2/c24-14-16-12-19-21(20(25)13-16)18(11-15-7-3-1-4-8-15)22(23-19)17-9-5-2-6-10-17/h1-10,16,23-24H,11-14H2. The Morgan fingerprint density at radius 2 is 1.64 bits per heavy atom. The Morgan fingerprint density at radius 1 is 0.960 bits per heavy atom. The Balaban J connectivity index is 1.85. The Morgan fingerprint density at radius 3 is 2.32 bits per heavy atom. The smallest absolute Gasteiger partial charge is 0.165 e. The maximum absolute atomic E-state index is 12.8. The summed E-state index contributed by atoms with van der Waals surface area (Å²) in [4.78, 5) is 16.3. The fourth-order valence-corrected chi connectivity index (χ4v) is 3.77. The van der Waals surface area contributed by atoms with Gasteiger partial charge in [-0.05, 0) is 29.0 Å². The lowest BCUT2D eigenvalue weighted by molar-refractivity contribution is 0.0917. The molecule has 3 nitrogen and oxygen atoms in total. The van der Waals surface area contributed by atoms with Crippen LogP contribution in [0.4, 0.5) is 0 Å². The van der Waals surface area contributed by atoms with Gasteiger partial charge in [0.25, 0.3) is 0 Å². The van der Waals surface area contributed by atoms with E-state index in [1.165, 1.54) is 5.56 Å². The van der Waals surface area contributed by atoms with E-state index in [4.69, 9.17) is 0 Å². The molecule has 2 aromatic carbocycles. The van der Waals surface area contributed by atoms with Gasteiger partial charge in [0.1, 0.15) is 0 Å². The van der Waals surface area contributed by atoms with Crippen LogP contribution in [0.5, 0.6) is 0 Å². The van der Waals surface area contributed by atoms with Crippen molar-refractivity contribution in [2.24, 2.45) is 5.92 Å². The molecule has 0 fully saturated rings. The number of nitrogens with one attached hydrogen (secondary N) is 1. The largest absolute Gasteiger partial charge is 0.396 e. The molecule has 1 aromatic heterocycles. The van der Waals surface area contributed by atoms with E-state index < -0.39 is 0 Å². The second-order valence-electron chi connectivity index (χ2n) is 6.74. The Labute approximate surface area is 147 Å². The summed E-state index contributed by atoms with van der Waals surface area (Å²) in [6.07, 6.45) is 1.88. The summed E-state index contributed by atoms with van der Waals surface area (Å²) >= 11 is 0. The number of H-pyrrole nitrogens is 1. The van der Waals surface area contributed by atoms with Crippen LogP contribution < -0.4 is 0 Å². The van der Waals surface area contributed by atoms with Crippen molar-refractivity contribution in [3.05, 3.63) is 83.0 Å². The number of hydrogen-bond acceptors (Lipinski definition) is 2. The normalized spacial score (nSPS) is 16.7. The molecule has 126 valence electrons. The maximum Gasteiger partial charge on any atom is 0.165 e. The summed E-state index contributed by atoms with van der Waals surface area (Å²) in [6, 6.07) is 20.4. The molecular weight excluding hydrogens is 310 g/mol. The van der Waals surface area contributed by atoms with Crippen molar-refractivity contribution in [1.29, 1.82) is 0 Å². The van der Waals surface area contributed by atoms with Crippen LogP contribution in [0, 0.1) is 5.92 Å². The average molecular weight is 331 g/mol. The highest BCUT2D eigenvalue weighted by Gasteiger charge is 2.31. The van der Waals surface area contributed by atoms with Gasteiger partial charge in [-0.3, -0.25) is 4.79 Å². The molecule has 0 saturated carbocycles. The predicted octanol–water partition coefficient (Wildman–Crippen LogP) is 4.01. The predicted molar refractivity (Wildman–Crippen MR) is 98.7 cm³/mol. The highest BCUT2D eigenvalue weighted by Crippen LogP contribution is 2.35. The van der Waals surface area contributed by atoms with E-state index >= 15 is 0 Å². The zero-order valence-electron chi connectivity index (χ0n) is 14.0. The molecule has 3 aromatic rings. The van der Waals surface area contributed by atoms with Crippen LogP contribution in [0.15, 0.2) is 60.7 Å². The third kappa shape index (κ3) is 3.03. The van der Waals surface area contributed by atoms with Gasteiger partial charge in [0, 0.05) is 36.4 Å². The zero-order valence-corrected chi connectivity index (χ0v) is 14.0. The number of aliphatic hydroxyl groups is 1. The van der Waals surface area contributed by atoms with Gasteiger partial charge in [0.2, 0.25) is 0 Å². The molecule has 25 heavy (non-hydrogen) atoms. The molecule has 4 rings (SSSR count). The fraction of sp³-hybridized carbons (Fsp3) is 0.227. The highest BCUT2D eigenvalue weighted by molar-refractivity contribution is 6.01. The molecule has 1 aliphatic rings. The van der Waals surface area contributed by atoms with Gasteiger partial charge in [-0.2, -0.15) is 0 Å². The number of aromatic amines is 1. The van der Waals surface area contributed by atoms with Crippen LogP contribution in [0.25, 0.3) is 11.3 Å². The number of ketones is 1. The first-order valence-corrected chi connectivity index (χ1v) is 8.73. The van der Waals surface area contributed by atoms with Crippen molar-refractivity contribution in [3.8, 4) is 11.3 Å². The first-order chi connectivity index (χ1) is 12.3. The first kappa shape index (κ1) is 15.9. The summed E-state index contributed by atoms with van der Waals surface area (Å²) in [6.45, 7) is 0.0545. The van der Waals surface area contributed by atoms with Crippen LogP contribution in [0.2, 0.25) is 0 Å². The Hall–Kier alpha value is -2.65. The molecule has 0 aliphatic heterocycles. The van der Waals surface area contributed by atoms with E-state index in [0.717, 1.165) is 40.9 Å². The SMILES string of the molecule is O=C1CC(CO)Cc2[nH]c(-c3ccccc3)c(Cc3ccccc3)c21. The lowest BCUT2D eigenvalue weighted by Gasteiger charge is -2.19. The number of aromatic nitrogens is 1. The van der Waals surface area contributed by atoms with E-state index in [2.05, 4.69) is 29.2 Å². The molecule has 1 atom stereocenters. The summed E-state index contributed by atoms with van der Waals surface area (Å²) in [5, 5.41) is 9.50. The molecule has 0 amide bonds. The summed E-state index contributed by atoms with van der Waals surface area (Å²) in [5.41, 5.74) is 6.21. The quantitative estimate of drug-likeness (QED) is 0.759. The minimum atomic E-state index is 0.0202. The van der Waals surface area contributed by atoms with Crippen molar-refractivity contribution < 1.29 is 9.90 Å². The number of carbonyl (C=O) groups is 1. The number of aliphatic hydroxyl groups excluding tert-OH is 1. The van der Waals surface area contributed by atoms with E-state index in [-0.39, 0.29) is 18.3 Å². The van der Waals surface area contributed by atoms with Gasteiger partial charge in [-0.25, -0.2) is 0 Å². The van der Waals surface area contributed by atoms with Crippen molar-refractivity contribution in [3.63, 3.8) is 0 Å². The van der Waals surface area contributed by atoms with E-state index in [1.54, 1.807) is 0 Å². The van der Waals surface area contributed by atoms with Gasteiger partial charge in [0.15, 0.2) is 5.78 Å². The lowest BCUT2D eigenvalue weighted by Crippen LogP contribution is -2.22. The molecule has 1 heterocycles. The molecule has 2 N–H and O–H groups in total. The number of Topliss-reactive ketones (excluding diaryl/α,β-unsaturated/α-hetero) is 1. The number of hydrogen-bond donors (Lipinski definition) is 2. The van der Waals surface area contributed by atoms with Crippen molar-refractivity contribution in [2.45, 2.75) is 19.3 Å². The first-order valence-electron chi connectivity index (χ1n) is 8.73. The third-order valence-electron chi connectivity index (χ3n) is 4.97. The second kappa shape index (κ2) is 6.69. The Bertz CT molecular complexity index is 881. The molecule has 1 unspecified atom stereocenters. The monoisotopic (exact) mass is 331 g/mol. The zero-order chi connectivity index (χ0) is 17.2. The van der Waals surface area contributed by atoms with E-state index in [0.29, 0.717) is 6.42 Å². The van der Waals surface area contributed by atoms with Gasteiger partial charge in [0.05, 0.1) is 0 Å². The number of fused-ring (bicyclic) bond motifs is 1. The van der Waals surface area contributed by atoms with E-state index in [9.17, 15) is 9.90 Å². The minimum absolute atomic E-state index is 0.0202. The minimum Gasteiger partial charge on any atom is -0.396 e. The maximum atomic E-state index is 12.8. The summed E-state index contributed by atoms with van der Waals surface area (Å²) in [5.74, 6) is 0.163. The van der Waals surface area contributed by atoms with Crippen LogP contribution in [0.1, 0.15) is 33.6 Å². The lowest BCUT2D eigenvalue weighted by atomic mass is 9.84. The number of rotatable bonds is 4. The highest BCUT2D eigenvalue weighted by atomic mass is 16.3. The summed E-state index contributed by atoms with van der Waals surface area (Å²) in [7, 11) is 0. The van der Waals surface area contributed by atoms with Crippen molar-refractivity contribution in [1.82, 2.24) is 4.98 Å². The average Bonchev–Trinajstić information content (AvgIpc) is 3.02. The molecule has 3 heteroatoms. The number of benzene rings is 2. The summed E-state index contributed by atoms with van der Waals surface area (Å²) < 4.78 is 0. The molecule has 0 spiro atoms. The molecule has 0 bridgehead atoms. The third-order valence-corrected chi connectivity index (χ3v) is 4.97. The molecular formula is C22H21NO2. The second-order valence-corrected chi connectivity index (χ2v) is 6.74. The van der Waals surface area contributed by atoms with Crippen LogP contribution >= 0.6 is 0 Å². The van der Waals surface area contributed by atoms with Crippen LogP contribution in [-0.4, -0.2) is 22.5 Å². The number of carbonyl (C=O) groups excluding carboxylic acids is 1. The van der Waals surface area contributed by atoms with Crippen molar-refractivity contribution in [2.75, 3.05) is 6.61 Å². The van der Waals surface area contributed by atoms with E-state index in [1.807, 2.05) is 36.4 Å². The van der Waals surface area contributed by atoms with Gasteiger partial charge in [-0.1, -0.05) is 60.7 Å². The van der Waals surface area contributed by atoms with Gasteiger partial charge >= 0.3 is 0 Å². The Kier molecular flexibility index (Phi) is 4.24. The molecule has 1 aliphatic carbocycles. The van der Waals surface area contributed by atoms with Gasteiger partial charge in [-0.15, -0.1) is 0 Å². The molecule has 0 saturated heterocycles.